The molecule has 0 atom stereocenters. The molecule has 2 nitrogen and oxygen atoms in total. The first-order valence-electron chi connectivity index (χ1n) is 7.08. The number of furan rings is 1. The molecule has 0 saturated heterocycles. The summed E-state index contributed by atoms with van der Waals surface area (Å²) in [6, 6.07) is 22.9. The molecule has 0 amide bonds. The van der Waals surface area contributed by atoms with E-state index >= 15 is 0 Å². The van der Waals surface area contributed by atoms with Crippen molar-refractivity contribution in [2.75, 3.05) is 5.32 Å². The smallest absolute Gasteiger partial charge is 0.134 e. The third kappa shape index (κ3) is 2.25. The summed E-state index contributed by atoms with van der Waals surface area (Å²) in [6.07, 6.45) is 1.83. The second kappa shape index (κ2) is 4.98. The summed E-state index contributed by atoms with van der Waals surface area (Å²) in [5.41, 5.74) is 3.24. The van der Waals surface area contributed by atoms with E-state index in [1.165, 1.54) is 21.7 Å². The van der Waals surface area contributed by atoms with Crippen LogP contribution in [0.2, 0.25) is 0 Å². The Balaban J connectivity index is 1.60. The van der Waals surface area contributed by atoms with Crippen LogP contribution < -0.4 is 5.32 Å². The molecule has 4 rings (SSSR count). The Morgan fingerprint density at radius 1 is 0.810 bits per heavy atom. The third-order valence-corrected chi connectivity index (χ3v) is 3.79. The van der Waals surface area contributed by atoms with Crippen LogP contribution in [0, 0.1) is 0 Å². The molecule has 0 radical (unpaired) electrons. The Morgan fingerprint density at radius 3 is 2.57 bits per heavy atom. The molecule has 0 spiro atoms. The quantitative estimate of drug-likeness (QED) is 0.555. The van der Waals surface area contributed by atoms with Crippen LogP contribution >= 0.6 is 0 Å². The van der Waals surface area contributed by atoms with Gasteiger partial charge >= 0.3 is 0 Å². The average molecular weight is 273 g/mol. The summed E-state index contributed by atoms with van der Waals surface area (Å²) in [6.45, 7) is 0.759. The molecule has 1 N–H and O–H groups in total. The Morgan fingerprint density at radius 2 is 1.62 bits per heavy atom. The predicted molar refractivity (Wildman–Crippen MR) is 87.5 cm³/mol. The van der Waals surface area contributed by atoms with E-state index in [4.69, 9.17) is 4.42 Å². The molecule has 2 heteroatoms. The molecule has 102 valence electrons. The fourth-order valence-electron chi connectivity index (χ4n) is 2.67. The standard InChI is InChI=1S/C19H15NO/c1-2-6-15-11-17(10-9-14(15)5-1)20-12-16-13-21-19-8-4-3-7-18(16)19/h1-11,13,20H,12H2. The first-order chi connectivity index (χ1) is 10.4. The highest BCUT2D eigenvalue weighted by Crippen LogP contribution is 2.23. The molecule has 0 bridgehead atoms. The van der Waals surface area contributed by atoms with E-state index in [-0.39, 0.29) is 0 Å². The zero-order valence-corrected chi connectivity index (χ0v) is 11.5. The Labute approximate surface area is 123 Å². The average Bonchev–Trinajstić information content (AvgIpc) is 2.96. The molecular weight excluding hydrogens is 258 g/mol. The van der Waals surface area contributed by atoms with E-state index in [0.29, 0.717) is 0 Å². The van der Waals surface area contributed by atoms with E-state index < -0.39 is 0 Å². The summed E-state index contributed by atoms with van der Waals surface area (Å²) in [5, 5.41) is 7.15. The highest BCUT2D eigenvalue weighted by atomic mass is 16.3. The maximum Gasteiger partial charge on any atom is 0.134 e. The van der Waals surface area contributed by atoms with Crippen LogP contribution in [0.15, 0.2) is 77.4 Å². The first kappa shape index (κ1) is 12.0. The van der Waals surface area contributed by atoms with Gasteiger partial charge in [-0.1, -0.05) is 48.5 Å². The summed E-state index contributed by atoms with van der Waals surface area (Å²) < 4.78 is 5.57. The molecule has 0 unspecified atom stereocenters. The lowest BCUT2D eigenvalue weighted by molar-refractivity contribution is 0.611. The molecule has 1 aromatic heterocycles. The summed E-state index contributed by atoms with van der Waals surface area (Å²) in [7, 11) is 0. The lowest BCUT2D eigenvalue weighted by atomic mass is 10.1. The maximum atomic E-state index is 5.57. The first-order valence-corrected chi connectivity index (χ1v) is 7.08. The predicted octanol–water partition coefficient (Wildman–Crippen LogP) is 5.20. The number of rotatable bonds is 3. The third-order valence-electron chi connectivity index (χ3n) is 3.79. The van der Waals surface area contributed by atoms with Gasteiger partial charge in [0.2, 0.25) is 0 Å². The number of hydrogen-bond donors (Lipinski definition) is 1. The number of anilines is 1. The fourth-order valence-corrected chi connectivity index (χ4v) is 2.67. The van der Waals surface area contributed by atoms with Crippen LogP contribution in [-0.4, -0.2) is 0 Å². The topological polar surface area (TPSA) is 25.2 Å². The van der Waals surface area contributed by atoms with Crippen molar-refractivity contribution in [1.82, 2.24) is 0 Å². The highest BCUT2D eigenvalue weighted by molar-refractivity contribution is 5.86. The van der Waals surface area contributed by atoms with E-state index in [1.807, 2.05) is 24.5 Å². The SMILES string of the molecule is c1ccc2cc(NCc3coc4ccccc34)ccc2c1. The zero-order chi connectivity index (χ0) is 14.1. The lowest BCUT2D eigenvalue weighted by Crippen LogP contribution is -1.98. The molecule has 0 fully saturated rings. The number of hydrogen-bond acceptors (Lipinski definition) is 2. The zero-order valence-electron chi connectivity index (χ0n) is 11.5. The Kier molecular flexibility index (Phi) is 2.86. The van der Waals surface area contributed by atoms with Crippen molar-refractivity contribution in [3.8, 4) is 0 Å². The van der Waals surface area contributed by atoms with Gasteiger partial charge in [-0.3, -0.25) is 0 Å². The number of fused-ring (bicyclic) bond motifs is 2. The molecule has 0 saturated carbocycles. The molecular formula is C19H15NO. The van der Waals surface area contributed by atoms with Crippen molar-refractivity contribution >= 4 is 27.4 Å². The Hall–Kier alpha value is -2.74. The van der Waals surface area contributed by atoms with Crippen LogP contribution in [0.1, 0.15) is 5.56 Å². The van der Waals surface area contributed by atoms with Gasteiger partial charge < -0.3 is 9.73 Å². The van der Waals surface area contributed by atoms with Gasteiger partial charge in [0.15, 0.2) is 0 Å². The minimum Gasteiger partial charge on any atom is -0.464 e. The van der Waals surface area contributed by atoms with Crippen LogP contribution in [0.4, 0.5) is 5.69 Å². The summed E-state index contributed by atoms with van der Waals surface area (Å²) >= 11 is 0. The normalized spacial score (nSPS) is 11.0. The molecule has 0 aliphatic heterocycles. The maximum absolute atomic E-state index is 5.57. The van der Waals surface area contributed by atoms with Crippen molar-refractivity contribution < 1.29 is 4.42 Å². The van der Waals surface area contributed by atoms with Gasteiger partial charge in [-0.05, 0) is 29.0 Å². The summed E-state index contributed by atoms with van der Waals surface area (Å²) in [5.74, 6) is 0. The molecule has 3 aromatic carbocycles. The van der Waals surface area contributed by atoms with E-state index in [9.17, 15) is 0 Å². The number of nitrogens with one attached hydrogen (secondary N) is 1. The van der Waals surface area contributed by atoms with Gasteiger partial charge in [-0.2, -0.15) is 0 Å². The number of para-hydroxylation sites is 1. The van der Waals surface area contributed by atoms with Gasteiger partial charge in [-0.25, -0.2) is 0 Å². The van der Waals surface area contributed by atoms with Crippen molar-refractivity contribution in [3.63, 3.8) is 0 Å². The Bertz CT molecular complexity index is 907. The fraction of sp³-hybridized carbons (Fsp3) is 0.0526. The molecule has 1 heterocycles. The molecule has 21 heavy (non-hydrogen) atoms. The van der Waals surface area contributed by atoms with Crippen LogP contribution in [0.25, 0.3) is 21.7 Å². The summed E-state index contributed by atoms with van der Waals surface area (Å²) in [4.78, 5) is 0. The van der Waals surface area contributed by atoms with E-state index in [1.54, 1.807) is 0 Å². The van der Waals surface area contributed by atoms with Gasteiger partial charge in [0.05, 0.1) is 6.26 Å². The largest absolute Gasteiger partial charge is 0.464 e. The van der Waals surface area contributed by atoms with Crippen LogP contribution in [0.3, 0.4) is 0 Å². The second-order valence-corrected chi connectivity index (χ2v) is 5.17. The minimum absolute atomic E-state index is 0.759. The van der Waals surface area contributed by atoms with Crippen LogP contribution in [0.5, 0.6) is 0 Å². The minimum atomic E-state index is 0.759. The molecule has 4 aromatic rings. The van der Waals surface area contributed by atoms with Gasteiger partial charge in [0.25, 0.3) is 0 Å². The van der Waals surface area contributed by atoms with Gasteiger partial charge in [-0.15, -0.1) is 0 Å². The molecule has 0 aliphatic rings. The van der Waals surface area contributed by atoms with Crippen LogP contribution in [-0.2, 0) is 6.54 Å². The van der Waals surface area contributed by atoms with Crippen molar-refractivity contribution in [1.29, 1.82) is 0 Å². The molecule has 0 aliphatic carbocycles. The van der Waals surface area contributed by atoms with Gasteiger partial charge in [0.1, 0.15) is 5.58 Å². The lowest BCUT2D eigenvalue weighted by Gasteiger charge is -2.06. The van der Waals surface area contributed by atoms with Crippen molar-refractivity contribution in [2.24, 2.45) is 0 Å². The van der Waals surface area contributed by atoms with E-state index in [0.717, 1.165) is 17.8 Å². The monoisotopic (exact) mass is 273 g/mol. The van der Waals surface area contributed by atoms with Crippen molar-refractivity contribution in [3.05, 3.63) is 78.6 Å². The van der Waals surface area contributed by atoms with E-state index in [2.05, 4.69) is 53.8 Å². The highest BCUT2D eigenvalue weighted by Gasteiger charge is 2.04. The van der Waals surface area contributed by atoms with Crippen molar-refractivity contribution in [2.45, 2.75) is 6.54 Å². The second-order valence-electron chi connectivity index (χ2n) is 5.17. The van der Waals surface area contributed by atoms with Gasteiger partial charge in [0, 0.05) is 23.2 Å². The number of benzene rings is 3.